The van der Waals surface area contributed by atoms with E-state index in [1.807, 2.05) is 12.3 Å². The van der Waals surface area contributed by atoms with Gasteiger partial charge in [-0.15, -0.1) is 0 Å². The second-order valence-corrected chi connectivity index (χ2v) is 6.28. The molecule has 0 amide bonds. The summed E-state index contributed by atoms with van der Waals surface area (Å²) in [5.41, 5.74) is 3.49. The molecule has 3 heterocycles. The van der Waals surface area contributed by atoms with Gasteiger partial charge in [0.25, 0.3) is 0 Å². The molecule has 23 heavy (non-hydrogen) atoms. The standard InChI is InChI=1S/C19H22N4/c1-22-17-9-3-2-8-16(17)21-19(22)18-10-6-13-23(18)14-11-15-7-4-5-12-20-15/h2-5,7-9,12,18H,6,10-11,13-14H2,1H3. The number of imidazole rings is 1. The highest BCUT2D eigenvalue weighted by molar-refractivity contribution is 5.75. The van der Waals surface area contributed by atoms with E-state index in [2.05, 4.69) is 57.9 Å². The minimum atomic E-state index is 0.427. The maximum atomic E-state index is 4.91. The average molecular weight is 306 g/mol. The van der Waals surface area contributed by atoms with Crippen LogP contribution in [-0.2, 0) is 13.5 Å². The van der Waals surface area contributed by atoms with E-state index in [0.717, 1.165) is 25.0 Å². The van der Waals surface area contributed by atoms with E-state index in [1.54, 1.807) is 0 Å². The van der Waals surface area contributed by atoms with Crippen LogP contribution in [0.4, 0.5) is 0 Å². The third-order valence-electron chi connectivity index (χ3n) is 4.86. The Balaban J connectivity index is 1.56. The smallest absolute Gasteiger partial charge is 0.127 e. The van der Waals surface area contributed by atoms with Crippen molar-refractivity contribution in [1.29, 1.82) is 0 Å². The van der Waals surface area contributed by atoms with E-state index in [1.165, 1.54) is 29.9 Å². The Hall–Kier alpha value is -2.20. The zero-order chi connectivity index (χ0) is 15.6. The number of likely N-dealkylation sites (tertiary alicyclic amines) is 1. The average Bonchev–Trinajstić information content (AvgIpc) is 3.19. The molecule has 1 fully saturated rings. The highest BCUT2D eigenvalue weighted by atomic mass is 15.2. The molecule has 0 bridgehead atoms. The van der Waals surface area contributed by atoms with Crippen LogP contribution in [0.3, 0.4) is 0 Å². The molecule has 118 valence electrons. The molecule has 3 aromatic rings. The number of nitrogens with zero attached hydrogens (tertiary/aromatic N) is 4. The number of fused-ring (bicyclic) bond motifs is 1. The summed E-state index contributed by atoms with van der Waals surface area (Å²) in [4.78, 5) is 11.9. The third-order valence-corrected chi connectivity index (χ3v) is 4.86. The summed E-state index contributed by atoms with van der Waals surface area (Å²) in [6.45, 7) is 2.20. The predicted molar refractivity (Wildman–Crippen MR) is 92.2 cm³/mol. The molecule has 1 atom stereocenters. The van der Waals surface area contributed by atoms with Crippen LogP contribution >= 0.6 is 0 Å². The van der Waals surface area contributed by atoms with E-state index in [-0.39, 0.29) is 0 Å². The number of hydrogen-bond acceptors (Lipinski definition) is 3. The Morgan fingerprint density at radius 2 is 2.00 bits per heavy atom. The molecule has 0 saturated carbocycles. The molecule has 1 aromatic carbocycles. The van der Waals surface area contributed by atoms with Crippen LogP contribution in [-0.4, -0.2) is 32.5 Å². The Morgan fingerprint density at radius 3 is 2.83 bits per heavy atom. The lowest BCUT2D eigenvalue weighted by Crippen LogP contribution is -2.27. The molecule has 4 heteroatoms. The Morgan fingerprint density at radius 1 is 1.13 bits per heavy atom. The van der Waals surface area contributed by atoms with Crippen LogP contribution in [0.15, 0.2) is 48.7 Å². The van der Waals surface area contributed by atoms with Crippen molar-refractivity contribution in [3.05, 3.63) is 60.2 Å². The molecule has 1 aliphatic rings. The largest absolute Gasteiger partial charge is 0.330 e. The SMILES string of the molecule is Cn1c(C2CCCN2CCc2ccccn2)nc2ccccc21. The molecule has 1 unspecified atom stereocenters. The monoisotopic (exact) mass is 306 g/mol. The molecular formula is C19H22N4. The summed E-state index contributed by atoms with van der Waals surface area (Å²) >= 11 is 0. The lowest BCUT2D eigenvalue weighted by molar-refractivity contribution is 0.248. The summed E-state index contributed by atoms with van der Waals surface area (Å²) < 4.78 is 2.26. The van der Waals surface area contributed by atoms with Crippen molar-refractivity contribution in [2.75, 3.05) is 13.1 Å². The van der Waals surface area contributed by atoms with Gasteiger partial charge in [-0.25, -0.2) is 4.98 Å². The second-order valence-electron chi connectivity index (χ2n) is 6.28. The van der Waals surface area contributed by atoms with E-state index >= 15 is 0 Å². The third kappa shape index (κ3) is 2.75. The highest BCUT2D eigenvalue weighted by Gasteiger charge is 2.29. The van der Waals surface area contributed by atoms with Crippen molar-refractivity contribution >= 4 is 11.0 Å². The molecule has 0 radical (unpaired) electrons. The molecule has 0 N–H and O–H groups in total. The number of benzene rings is 1. The highest BCUT2D eigenvalue weighted by Crippen LogP contribution is 2.32. The van der Waals surface area contributed by atoms with Crippen molar-refractivity contribution < 1.29 is 0 Å². The Labute approximate surface area is 136 Å². The van der Waals surface area contributed by atoms with Crippen molar-refractivity contribution in [3.63, 3.8) is 0 Å². The van der Waals surface area contributed by atoms with E-state index in [9.17, 15) is 0 Å². The Kier molecular flexibility index (Phi) is 3.83. The first kappa shape index (κ1) is 14.4. The van der Waals surface area contributed by atoms with Gasteiger partial charge >= 0.3 is 0 Å². The van der Waals surface area contributed by atoms with Crippen molar-refractivity contribution in [3.8, 4) is 0 Å². The van der Waals surface area contributed by atoms with Gasteiger partial charge in [0.1, 0.15) is 5.82 Å². The van der Waals surface area contributed by atoms with Crippen LogP contribution < -0.4 is 0 Å². The molecular weight excluding hydrogens is 284 g/mol. The fourth-order valence-electron chi connectivity index (χ4n) is 3.65. The van der Waals surface area contributed by atoms with Gasteiger partial charge in [0.15, 0.2) is 0 Å². The summed E-state index contributed by atoms with van der Waals surface area (Å²) in [5, 5.41) is 0. The molecule has 0 spiro atoms. The fourth-order valence-corrected chi connectivity index (χ4v) is 3.65. The zero-order valence-corrected chi connectivity index (χ0v) is 13.5. The topological polar surface area (TPSA) is 34.0 Å². The molecule has 0 aliphatic carbocycles. The minimum absolute atomic E-state index is 0.427. The first-order chi connectivity index (χ1) is 11.3. The Bertz CT molecular complexity index is 793. The summed E-state index contributed by atoms with van der Waals surface area (Å²) in [5.74, 6) is 1.20. The fraction of sp³-hybridized carbons (Fsp3) is 0.368. The van der Waals surface area contributed by atoms with Crippen LogP contribution in [0.25, 0.3) is 11.0 Å². The first-order valence-electron chi connectivity index (χ1n) is 8.38. The van der Waals surface area contributed by atoms with E-state index < -0.39 is 0 Å². The maximum absolute atomic E-state index is 4.91. The van der Waals surface area contributed by atoms with Crippen LogP contribution in [0.5, 0.6) is 0 Å². The minimum Gasteiger partial charge on any atom is -0.330 e. The van der Waals surface area contributed by atoms with Crippen molar-refractivity contribution in [1.82, 2.24) is 19.4 Å². The lowest BCUT2D eigenvalue weighted by atomic mass is 10.2. The number of aryl methyl sites for hydroxylation is 1. The van der Waals surface area contributed by atoms with Crippen LogP contribution in [0.1, 0.15) is 30.4 Å². The maximum Gasteiger partial charge on any atom is 0.127 e. The molecule has 1 saturated heterocycles. The quantitative estimate of drug-likeness (QED) is 0.741. The number of pyridine rings is 1. The normalized spacial score (nSPS) is 18.7. The number of para-hydroxylation sites is 2. The van der Waals surface area contributed by atoms with E-state index in [4.69, 9.17) is 4.98 Å². The number of aromatic nitrogens is 3. The zero-order valence-electron chi connectivity index (χ0n) is 13.5. The summed E-state index contributed by atoms with van der Waals surface area (Å²) in [6, 6.07) is 15.0. The first-order valence-corrected chi connectivity index (χ1v) is 8.38. The summed E-state index contributed by atoms with van der Waals surface area (Å²) in [7, 11) is 2.14. The predicted octanol–water partition coefficient (Wildman–Crippen LogP) is 3.35. The number of hydrogen-bond donors (Lipinski definition) is 0. The summed E-state index contributed by atoms with van der Waals surface area (Å²) in [6.07, 6.45) is 5.32. The van der Waals surface area contributed by atoms with E-state index in [0.29, 0.717) is 6.04 Å². The lowest BCUT2D eigenvalue weighted by Gasteiger charge is -2.23. The van der Waals surface area contributed by atoms with Gasteiger partial charge < -0.3 is 4.57 Å². The molecule has 4 rings (SSSR count). The van der Waals surface area contributed by atoms with Gasteiger partial charge in [-0.05, 0) is 43.7 Å². The molecule has 4 nitrogen and oxygen atoms in total. The van der Waals surface area contributed by atoms with Crippen molar-refractivity contribution in [2.45, 2.75) is 25.3 Å². The van der Waals surface area contributed by atoms with Crippen LogP contribution in [0.2, 0.25) is 0 Å². The molecule has 2 aromatic heterocycles. The van der Waals surface area contributed by atoms with Gasteiger partial charge in [-0.3, -0.25) is 9.88 Å². The van der Waals surface area contributed by atoms with Gasteiger partial charge in [0.2, 0.25) is 0 Å². The van der Waals surface area contributed by atoms with Crippen molar-refractivity contribution in [2.24, 2.45) is 7.05 Å². The van der Waals surface area contributed by atoms with Gasteiger partial charge in [-0.2, -0.15) is 0 Å². The number of rotatable bonds is 4. The second kappa shape index (κ2) is 6.13. The van der Waals surface area contributed by atoms with Gasteiger partial charge in [-0.1, -0.05) is 18.2 Å². The van der Waals surface area contributed by atoms with Gasteiger partial charge in [0, 0.05) is 31.9 Å². The van der Waals surface area contributed by atoms with Crippen LogP contribution in [0, 0.1) is 0 Å². The van der Waals surface area contributed by atoms with Gasteiger partial charge in [0.05, 0.1) is 17.1 Å². The molecule has 1 aliphatic heterocycles.